The van der Waals surface area contributed by atoms with Gasteiger partial charge in [0.15, 0.2) is 0 Å². The number of carbonyl (C=O) groups excluding carboxylic acids is 1. The van der Waals surface area contributed by atoms with Crippen LogP contribution in [-0.4, -0.2) is 23.7 Å². The monoisotopic (exact) mass is 255 g/mol. The summed E-state index contributed by atoms with van der Waals surface area (Å²) in [6, 6.07) is 0. The number of nitrogens with one attached hydrogen (secondary N) is 1. The molecule has 3 heteroatoms. The summed E-state index contributed by atoms with van der Waals surface area (Å²) in [7, 11) is 0. The Morgan fingerprint density at radius 1 is 1.17 bits per heavy atom. The van der Waals surface area contributed by atoms with Crippen molar-refractivity contribution < 1.29 is 9.90 Å². The van der Waals surface area contributed by atoms with Gasteiger partial charge in [-0.05, 0) is 25.2 Å². The minimum absolute atomic E-state index is 0.153. The van der Waals surface area contributed by atoms with Crippen molar-refractivity contribution in [1.82, 2.24) is 5.32 Å². The molecule has 0 aliphatic heterocycles. The molecule has 1 saturated carbocycles. The number of aliphatic hydroxyl groups excluding tert-OH is 1. The van der Waals surface area contributed by atoms with Gasteiger partial charge in [0.25, 0.3) is 0 Å². The molecule has 18 heavy (non-hydrogen) atoms. The van der Waals surface area contributed by atoms with E-state index in [1.165, 1.54) is 32.1 Å². The number of carbonyl (C=O) groups is 1. The van der Waals surface area contributed by atoms with Crippen LogP contribution < -0.4 is 5.32 Å². The topological polar surface area (TPSA) is 49.3 Å². The average molecular weight is 255 g/mol. The summed E-state index contributed by atoms with van der Waals surface area (Å²) in [5, 5.41) is 12.7. The zero-order valence-electron chi connectivity index (χ0n) is 12.0. The van der Waals surface area contributed by atoms with Crippen LogP contribution in [0.5, 0.6) is 0 Å². The molecule has 106 valence electrons. The SMILES string of the molecule is CC(C)CC(O)CNC(=O)C1CCCCCCC1. The molecule has 1 rings (SSSR count). The molecule has 0 aromatic rings. The van der Waals surface area contributed by atoms with E-state index >= 15 is 0 Å². The van der Waals surface area contributed by atoms with E-state index in [2.05, 4.69) is 19.2 Å². The van der Waals surface area contributed by atoms with Crippen molar-refractivity contribution in [3.8, 4) is 0 Å². The van der Waals surface area contributed by atoms with Crippen LogP contribution in [0, 0.1) is 11.8 Å². The minimum Gasteiger partial charge on any atom is -0.391 e. The van der Waals surface area contributed by atoms with Gasteiger partial charge in [0.1, 0.15) is 0 Å². The van der Waals surface area contributed by atoms with Gasteiger partial charge in [-0.2, -0.15) is 0 Å². The van der Waals surface area contributed by atoms with Gasteiger partial charge >= 0.3 is 0 Å². The third kappa shape index (κ3) is 6.39. The van der Waals surface area contributed by atoms with Crippen LogP contribution in [0.15, 0.2) is 0 Å². The summed E-state index contributed by atoms with van der Waals surface area (Å²) in [6.45, 7) is 4.58. The lowest BCUT2D eigenvalue weighted by Crippen LogP contribution is -2.37. The molecule has 1 fully saturated rings. The molecule has 0 aromatic heterocycles. The summed E-state index contributed by atoms with van der Waals surface area (Å²) >= 11 is 0. The highest BCUT2D eigenvalue weighted by Crippen LogP contribution is 2.22. The maximum absolute atomic E-state index is 12.0. The summed E-state index contributed by atoms with van der Waals surface area (Å²) in [5.74, 6) is 0.801. The van der Waals surface area contributed by atoms with E-state index in [9.17, 15) is 9.90 Å². The van der Waals surface area contributed by atoms with Gasteiger partial charge in [-0.3, -0.25) is 4.79 Å². The van der Waals surface area contributed by atoms with Crippen LogP contribution in [0.3, 0.4) is 0 Å². The van der Waals surface area contributed by atoms with Crippen LogP contribution in [0.2, 0.25) is 0 Å². The summed E-state index contributed by atoms with van der Waals surface area (Å²) in [6.07, 6.45) is 8.59. The predicted octanol–water partition coefficient (Wildman–Crippen LogP) is 2.87. The fourth-order valence-corrected chi connectivity index (χ4v) is 2.71. The first-order chi connectivity index (χ1) is 8.59. The van der Waals surface area contributed by atoms with Crippen molar-refractivity contribution in [3.05, 3.63) is 0 Å². The van der Waals surface area contributed by atoms with Gasteiger partial charge in [-0.1, -0.05) is 46.0 Å². The zero-order valence-corrected chi connectivity index (χ0v) is 12.0. The van der Waals surface area contributed by atoms with Gasteiger partial charge < -0.3 is 10.4 Å². The Bertz CT molecular complexity index is 233. The van der Waals surface area contributed by atoms with E-state index < -0.39 is 6.10 Å². The molecule has 0 saturated heterocycles. The fourth-order valence-electron chi connectivity index (χ4n) is 2.71. The summed E-state index contributed by atoms with van der Waals surface area (Å²) < 4.78 is 0. The van der Waals surface area contributed by atoms with E-state index in [4.69, 9.17) is 0 Å². The van der Waals surface area contributed by atoms with Crippen LogP contribution in [-0.2, 0) is 4.79 Å². The molecule has 0 bridgehead atoms. The Kier molecular flexibility index (Phi) is 7.33. The lowest BCUT2D eigenvalue weighted by atomic mass is 9.90. The average Bonchev–Trinajstić information content (AvgIpc) is 2.24. The van der Waals surface area contributed by atoms with Crippen molar-refractivity contribution >= 4 is 5.91 Å². The van der Waals surface area contributed by atoms with E-state index in [0.717, 1.165) is 19.3 Å². The Morgan fingerprint density at radius 3 is 2.28 bits per heavy atom. The fraction of sp³-hybridized carbons (Fsp3) is 0.933. The van der Waals surface area contributed by atoms with Crippen LogP contribution in [0.4, 0.5) is 0 Å². The molecule has 0 spiro atoms. The molecule has 1 aliphatic rings. The van der Waals surface area contributed by atoms with Crippen LogP contribution >= 0.6 is 0 Å². The van der Waals surface area contributed by atoms with Crippen molar-refractivity contribution in [2.75, 3.05) is 6.54 Å². The van der Waals surface area contributed by atoms with Crippen molar-refractivity contribution in [2.45, 2.75) is 71.3 Å². The molecule has 0 radical (unpaired) electrons. The Hall–Kier alpha value is -0.570. The molecular weight excluding hydrogens is 226 g/mol. The first-order valence-electron chi connectivity index (χ1n) is 7.55. The highest BCUT2D eigenvalue weighted by Gasteiger charge is 2.19. The number of hydrogen-bond donors (Lipinski definition) is 2. The highest BCUT2D eigenvalue weighted by atomic mass is 16.3. The molecule has 1 unspecified atom stereocenters. The van der Waals surface area contributed by atoms with Crippen LogP contribution in [0.25, 0.3) is 0 Å². The van der Waals surface area contributed by atoms with Crippen molar-refractivity contribution in [1.29, 1.82) is 0 Å². The standard InChI is InChI=1S/C15H29NO2/c1-12(2)10-14(17)11-16-15(18)13-8-6-4-3-5-7-9-13/h12-14,17H,3-11H2,1-2H3,(H,16,18). The van der Waals surface area contributed by atoms with E-state index in [0.29, 0.717) is 12.5 Å². The molecular formula is C15H29NO2. The van der Waals surface area contributed by atoms with Gasteiger partial charge in [-0.15, -0.1) is 0 Å². The van der Waals surface area contributed by atoms with Crippen molar-refractivity contribution in [3.63, 3.8) is 0 Å². The number of amides is 1. The second-order valence-electron chi connectivity index (χ2n) is 6.07. The largest absolute Gasteiger partial charge is 0.391 e. The molecule has 1 aliphatic carbocycles. The normalized spacial score (nSPS) is 20.2. The first kappa shape index (κ1) is 15.5. The Morgan fingerprint density at radius 2 is 1.72 bits per heavy atom. The third-order valence-corrected chi connectivity index (χ3v) is 3.73. The van der Waals surface area contributed by atoms with Crippen LogP contribution in [0.1, 0.15) is 65.2 Å². The Balaban J connectivity index is 2.25. The quantitative estimate of drug-likeness (QED) is 0.793. The molecule has 2 N–H and O–H groups in total. The maximum atomic E-state index is 12.0. The van der Waals surface area contributed by atoms with Gasteiger partial charge in [0, 0.05) is 12.5 Å². The molecule has 1 atom stereocenters. The predicted molar refractivity (Wildman–Crippen MR) is 74.3 cm³/mol. The second kappa shape index (κ2) is 8.52. The third-order valence-electron chi connectivity index (χ3n) is 3.73. The van der Waals surface area contributed by atoms with Crippen molar-refractivity contribution in [2.24, 2.45) is 11.8 Å². The minimum atomic E-state index is -0.400. The lowest BCUT2D eigenvalue weighted by Gasteiger charge is -2.20. The zero-order chi connectivity index (χ0) is 13.4. The van der Waals surface area contributed by atoms with E-state index in [-0.39, 0.29) is 11.8 Å². The smallest absolute Gasteiger partial charge is 0.223 e. The lowest BCUT2D eigenvalue weighted by molar-refractivity contribution is -0.126. The highest BCUT2D eigenvalue weighted by molar-refractivity contribution is 5.78. The second-order valence-corrected chi connectivity index (χ2v) is 6.07. The number of rotatable bonds is 5. The number of aliphatic hydroxyl groups is 1. The van der Waals surface area contributed by atoms with E-state index in [1.807, 2.05) is 0 Å². The summed E-state index contributed by atoms with van der Waals surface area (Å²) in [5.41, 5.74) is 0. The first-order valence-corrected chi connectivity index (χ1v) is 7.55. The molecule has 0 heterocycles. The molecule has 0 aromatic carbocycles. The maximum Gasteiger partial charge on any atom is 0.223 e. The van der Waals surface area contributed by atoms with Gasteiger partial charge in [0.2, 0.25) is 5.91 Å². The van der Waals surface area contributed by atoms with Gasteiger partial charge in [-0.25, -0.2) is 0 Å². The molecule has 1 amide bonds. The summed E-state index contributed by atoms with van der Waals surface area (Å²) in [4.78, 5) is 12.0. The Labute approximate surface area is 111 Å². The van der Waals surface area contributed by atoms with Gasteiger partial charge in [0.05, 0.1) is 6.10 Å². The molecule has 3 nitrogen and oxygen atoms in total. The van der Waals surface area contributed by atoms with E-state index in [1.54, 1.807) is 0 Å². The number of hydrogen-bond acceptors (Lipinski definition) is 2.